The van der Waals surface area contributed by atoms with Gasteiger partial charge in [0.15, 0.2) is 0 Å². The molecule has 0 amide bonds. The van der Waals surface area contributed by atoms with Gasteiger partial charge in [-0.05, 0) is 24.6 Å². The van der Waals surface area contributed by atoms with Crippen molar-refractivity contribution in [1.29, 1.82) is 0 Å². The van der Waals surface area contributed by atoms with Gasteiger partial charge in [0.25, 0.3) is 0 Å². The molecule has 2 heteroatoms. The lowest BCUT2D eigenvalue weighted by atomic mass is 10.1. The summed E-state index contributed by atoms with van der Waals surface area (Å²) in [5.74, 6) is 0.781. The molecule has 1 rings (SSSR count). The topological polar surface area (TPSA) is 26.3 Å². The number of aldehydes is 1. The first-order valence-corrected chi connectivity index (χ1v) is 4.04. The third kappa shape index (κ3) is 2.44. The molecule has 68 valence electrons. The predicted octanol–water partition coefficient (Wildman–Crippen LogP) is 2.30. The molecule has 0 saturated carbocycles. The summed E-state index contributed by atoms with van der Waals surface area (Å²) in [6.07, 6.45) is 2.62. The molecule has 0 saturated heterocycles. The summed E-state index contributed by atoms with van der Waals surface area (Å²) in [6.45, 7) is 1.76. The zero-order valence-corrected chi connectivity index (χ0v) is 7.78. The molecule has 1 aromatic carbocycles. The van der Waals surface area contributed by atoms with Crippen molar-refractivity contribution < 1.29 is 9.53 Å². The fourth-order valence-electron chi connectivity index (χ4n) is 1.06. The number of allylic oxidation sites excluding steroid dienone is 1. The largest absolute Gasteiger partial charge is 0.496 e. The normalized spacial score (nSPS) is 11.1. The molecule has 0 fully saturated rings. The number of ether oxygens (including phenoxy) is 1. The molecule has 0 atom stereocenters. The lowest BCUT2D eigenvalue weighted by Crippen LogP contribution is -1.86. The van der Waals surface area contributed by atoms with E-state index >= 15 is 0 Å². The van der Waals surface area contributed by atoms with Gasteiger partial charge in [-0.3, -0.25) is 4.79 Å². The van der Waals surface area contributed by atoms with E-state index in [0.717, 1.165) is 17.6 Å². The van der Waals surface area contributed by atoms with Gasteiger partial charge in [-0.1, -0.05) is 18.2 Å². The first-order chi connectivity index (χ1) is 6.27. The van der Waals surface area contributed by atoms with Crippen LogP contribution in [0.15, 0.2) is 29.8 Å². The van der Waals surface area contributed by atoms with E-state index in [-0.39, 0.29) is 0 Å². The van der Waals surface area contributed by atoms with Crippen molar-refractivity contribution in [2.75, 3.05) is 7.11 Å². The summed E-state index contributed by atoms with van der Waals surface area (Å²) in [5, 5.41) is 0. The van der Waals surface area contributed by atoms with Crippen LogP contribution in [0.5, 0.6) is 5.75 Å². The van der Waals surface area contributed by atoms with E-state index in [1.54, 1.807) is 20.1 Å². The average Bonchev–Trinajstić information content (AvgIpc) is 2.18. The molecule has 0 spiro atoms. The maximum atomic E-state index is 10.4. The maximum absolute atomic E-state index is 10.4. The third-order valence-electron chi connectivity index (χ3n) is 1.71. The first kappa shape index (κ1) is 9.52. The molecule has 0 aliphatic rings. The minimum absolute atomic E-state index is 0.685. The molecule has 1 aromatic rings. The Kier molecular flexibility index (Phi) is 3.26. The van der Waals surface area contributed by atoms with Crippen molar-refractivity contribution in [2.45, 2.75) is 6.92 Å². The number of methoxy groups -OCH3 is 1. The third-order valence-corrected chi connectivity index (χ3v) is 1.71. The lowest BCUT2D eigenvalue weighted by molar-refractivity contribution is -0.104. The van der Waals surface area contributed by atoms with Crippen molar-refractivity contribution in [3.8, 4) is 5.75 Å². The van der Waals surface area contributed by atoms with E-state index in [4.69, 9.17) is 4.74 Å². The lowest BCUT2D eigenvalue weighted by Gasteiger charge is -2.03. The highest BCUT2D eigenvalue weighted by Gasteiger charge is 1.97. The second-order valence-electron chi connectivity index (χ2n) is 2.75. The van der Waals surface area contributed by atoms with Crippen LogP contribution in [0.1, 0.15) is 12.5 Å². The number of benzene rings is 1. The van der Waals surface area contributed by atoms with E-state index in [0.29, 0.717) is 5.57 Å². The summed E-state index contributed by atoms with van der Waals surface area (Å²) in [7, 11) is 1.61. The average molecular weight is 176 g/mol. The fourth-order valence-corrected chi connectivity index (χ4v) is 1.06. The molecule has 0 radical (unpaired) electrons. The van der Waals surface area contributed by atoms with Crippen LogP contribution in [0.25, 0.3) is 6.08 Å². The zero-order valence-electron chi connectivity index (χ0n) is 7.78. The van der Waals surface area contributed by atoms with Crippen molar-refractivity contribution >= 4 is 12.4 Å². The van der Waals surface area contributed by atoms with E-state index in [2.05, 4.69) is 0 Å². The van der Waals surface area contributed by atoms with Gasteiger partial charge in [-0.15, -0.1) is 0 Å². The molecule has 13 heavy (non-hydrogen) atoms. The van der Waals surface area contributed by atoms with Crippen molar-refractivity contribution in [3.05, 3.63) is 35.4 Å². The Morgan fingerprint density at radius 1 is 1.38 bits per heavy atom. The molecule has 0 aromatic heterocycles. The summed E-state index contributed by atoms with van der Waals surface area (Å²) in [5.41, 5.74) is 1.61. The van der Waals surface area contributed by atoms with Crippen LogP contribution in [0.3, 0.4) is 0 Å². The van der Waals surface area contributed by atoms with Crippen molar-refractivity contribution in [1.82, 2.24) is 0 Å². The number of carbonyl (C=O) groups is 1. The number of para-hydroxylation sites is 1. The summed E-state index contributed by atoms with van der Waals surface area (Å²) in [4.78, 5) is 10.4. The monoisotopic (exact) mass is 176 g/mol. The van der Waals surface area contributed by atoms with Crippen LogP contribution >= 0.6 is 0 Å². The Balaban J connectivity index is 3.06. The van der Waals surface area contributed by atoms with Crippen LogP contribution in [-0.4, -0.2) is 13.4 Å². The fraction of sp³-hybridized carbons (Fsp3) is 0.182. The van der Waals surface area contributed by atoms with E-state index in [1.165, 1.54) is 0 Å². The Hall–Kier alpha value is -1.57. The van der Waals surface area contributed by atoms with Gasteiger partial charge in [0.1, 0.15) is 12.0 Å². The SMILES string of the molecule is COc1ccccc1/C=C(/C)C=O. The van der Waals surface area contributed by atoms with Gasteiger partial charge in [-0.2, -0.15) is 0 Å². The molecular formula is C11H12O2. The Morgan fingerprint density at radius 3 is 2.69 bits per heavy atom. The molecule has 0 aliphatic carbocycles. The van der Waals surface area contributed by atoms with E-state index in [9.17, 15) is 4.79 Å². The predicted molar refractivity (Wildman–Crippen MR) is 52.7 cm³/mol. The maximum Gasteiger partial charge on any atom is 0.145 e. The highest BCUT2D eigenvalue weighted by Crippen LogP contribution is 2.19. The highest BCUT2D eigenvalue weighted by molar-refractivity contribution is 5.81. The van der Waals surface area contributed by atoms with Crippen molar-refractivity contribution in [3.63, 3.8) is 0 Å². The molecule has 0 bridgehead atoms. The number of hydrogen-bond acceptors (Lipinski definition) is 2. The summed E-state index contributed by atoms with van der Waals surface area (Å²) >= 11 is 0. The Bertz CT molecular complexity index is 327. The Labute approximate surface area is 77.8 Å². The van der Waals surface area contributed by atoms with Crippen LogP contribution in [-0.2, 0) is 4.79 Å². The minimum atomic E-state index is 0.685. The van der Waals surface area contributed by atoms with Crippen LogP contribution in [0, 0.1) is 0 Å². The quantitative estimate of drug-likeness (QED) is 0.521. The van der Waals surface area contributed by atoms with Gasteiger partial charge in [0.05, 0.1) is 7.11 Å². The number of hydrogen-bond donors (Lipinski definition) is 0. The second kappa shape index (κ2) is 4.45. The van der Waals surface area contributed by atoms with Gasteiger partial charge in [-0.25, -0.2) is 0 Å². The molecule has 0 aliphatic heterocycles. The van der Waals surface area contributed by atoms with E-state index in [1.807, 2.05) is 24.3 Å². The van der Waals surface area contributed by atoms with Gasteiger partial charge in [0.2, 0.25) is 0 Å². The molecular weight excluding hydrogens is 164 g/mol. The minimum Gasteiger partial charge on any atom is -0.496 e. The van der Waals surface area contributed by atoms with Crippen LogP contribution in [0.4, 0.5) is 0 Å². The first-order valence-electron chi connectivity index (χ1n) is 4.04. The standard InChI is InChI=1S/C11H12O2/c1-9(8-12)7-10-5-3-4-6-11(10)13-2/h3-8H,1-2H3/b9-7-. The van der Waals surface area contributed by atoms with Crippen LogP contribution < -0.4 is 4.74 Å². The molecule has 0 heterocycles. The molecule has 0 unspecified atom stereocenters. The van der Waals surface area contributed by atoms with E-state index < -0.39 is 0 Å². The smallest absolute Gasteiger partial charge is 0.145 e. The molecule has 0 N–H and O–H groups in total. The van der Waals surface area contributed by atoms with Gasteiger partial charge >= 0.3 is 0 Å². The summed E-state index contributed by atoms with van der Waals surface area (Å²) < 4.78 is 5.13. The van der Waals surface area contributed by atoms with Gasteiger partial charge < -0.3 is 4.74 Å². The number of rotatable bonds is 3. The number of carbonyl (C=O) groups excluding carboxylic acids is 1. The summed E-state index contributed by atoms with van der Waals surface area (Å²) in [6, 6.07) is 7.58. The molecule has 2 nitrogen and oxygen atoms in total. The Morgan fingerprint density at radius 2 is 2.08 bits per heavy atom. The van der Waals surface area contributed by atoms with Gasteiger partial charge in [0, 0.05) is 5.56 Å². The van der Waals surface area contributed by atoms with Crippen LogP contribution in [0.2, 0.25) is 0 Å². The second-order valence-corrected chi connectivity index (χ2v) is 2.75. The highest BCUT2D eigenvalue weighted by atomic mass is 16.5. The zero-order chi connectivity index (χ0) is 9.68. The van der Waals surface area contributed by atoms with Crippen molar-refractivity contribution in [2.24, 2.45) is 0 Å².